The first-order valence-corrected chi connectivity index (χ1v) is 14.5. The summed E-state index contributed by atoms with van der Waals surface area (Å²) in [6.45, 7) is 5.19. The summed E-state index contributed by atoms with van der Waals surface area (Å²) in [5.74, 6) is 2.11. The highest BCUT2D eigenvalue weighted by Gasteiger charge is 2.24. The minimum Gasteiger partial charge on any atom is -0.484 e. The summed E-state index contributed by atoms with van der Waals surface area (Å²) in [6, 6.07) is 8.07. The van der Waals surface area contributed by atoms with Gasteiger partial charge in [-0.1, -0.05) is 23.5 Å². The summed E-state index contributed by atoms with van der Waals surface area (Å²) in [5, 5.41) is 9.09. The summed E-state index contributed by atoms with van der Waals surface area (Å²) in [7, 11) is 0. The van der Waals surface area contributed by atoms with Gasteiger partial charge >= 0.3 is 0 Å². The van der Waals surface area contributed by atoms with E-state index in [4.69, 9.17) is 25.2 Å². The van der Waals surface area contributed by atoms with Crippen molar-refractivity contribution in [2.75, 3.05) is 55.8 Å². The Morgan fingerprint density at radius 1 is 1.07 bits per heavy atom. The Morgan fingerprint density at radius 2 is 1.88 bits per heavy atom. The Kier molecular flexibility index (Phi) is 6.80. The molecule has 13 heteroatoms. The van der Waals surface area contributed by atoms with Crippen LogP contribution >= 0.6 is 11.3 Å². The van der Waals surface area contributed by atoms with Gasteiger partial charge in [-0.2, -0.15) is 5.10 Å². The fourth-order valence-corrected chi connectivity index (χ4v) is 6.32. The lowest BCUT2D eigenvalue weighted by Crippen LogP contribution is -2.36. The number of thiophene rings is 1. The number of primary amides is 1. The van der Waals surface area contributed by atoms with Crippen molar-refractivity contribution in [3.8, 4) is 16.5 Å². The first kappa shape index (κ1) is 25.6. The summed E-state index contributed by atoms with van der Waals surface area (Å²) in [6.07, 6.45) is 6.71. The van der Waals surface area contributed by atoms with Gasteiger partial charge in [0.2, 0.25) is 5.95 Å². The van der Waals surface area contributed by atoms with E-state index in [-0.39, 0.29) is 0 Å². The lowest BCUT2D eigenvalue weighted by atomic mass is 9.98. The second-order valence-electron chi connectivity index (χ2n) is 10.3. The quantitative estimate of drug-likeness (QED) is 0.298. The van der Waals surface area contributed by atoms with E-state index in [0.29, 0.717) is 43.1 Å². The van der Waals surface area contributed by atoms with Crippen LogP contribution in [0.1, 0.15) is 23.2 Å². The number of H-pyrrole nitrogens is 1. The largest absolute Gasteiger partial charge is 0.484 e. The summed E-state index contributed by atoms with van der Waals surface area (Å²) in [5.41, 5.74) is 8.39. The summed E-state index contributed by atoms with van der Waals surface area (Å²) >= 11 is 1.60. The molecule has 0 atom stereocenters. The molecule has 2 aliphatic heterocycles. The number of amides is 1. The molecule has 3 N–H and O–H groups in total. The highest BCUT2D eigenvalue weighted by molar-refractivity contribution is 7.21. The van der Waals surface area contributed by atoms with Crippen molar-refractivity contribution in [1.82, 2.24) is 30.1 Å². The smallest absolute Gasteiger partial charge is 0.251 e. The molecule has 0 bridgehead atoms. The lowest BCUT2D eigenvalue weighted by molar-refractivity contribution is 0.0999. The zero-order valence-corrected chi connectivity index (χ0v) is 23.1. The van der Waals surface area contributed by atoms with Gasteiger partial charge in [0.05, 0.1) is 47.3 Å². The molecule has 2 saturated heterocycles. The molecule has 2 aliphatic rings. The molecule has 210 valence electrons. The predicted octanol–water partition coefficient (Wildman–Crippen LogP) is 3.26. The van der Waals surface area contributed by atoms with Crippen LogP contribution in [0.25, 0.3) is 32.5 Å². The minimum absolute atomic E-state index is 0.312. The molecule has 12 nitrogen and oxygen atoms in total. The summed E-state index contributed by atoms with van der Waals surface area (Å²) < 4.78 is 13.0. The predicted molar refractivity (Wildman–Crippen MR) is 157 cm³/mol. The van der Waals surface area contributed by atoms with Crippen molar-refractivity contribution in [1.29, 1.82) is 0 Å². The standard InChI is InChI=1S/C28H29N9O3S/c29-25(38)18-13-30-28(31-14-18)37-6-4-17(5-7-37)16-40-23-12-22-24(41-23)27(36-8-10-39-11-9-36)34-26(33-22)19-2-1-3-21-20(19)15-32-35-21/h1-3,12-15,17H,4-11,16H2,(H2,29,38)(H,32,35). The van der Waals surface area contributed by atoms with Gasteiger partial charge in [-0.05, 0) is 24.8 Å². The molecule has 2 fully saturated rings. The molecule has 1 amide bonds. The Bertz CT molecular complexity index is 1690. The maximum Gasteiger partial charge on any atom is 0.251 e. The van der Waals surface area contributed by atoms with Crippen molar-refractivity contribution in [3.05, 3.63) is 48.4 Å². The van der Waals surface area contributed by atoms with Gasteiger partial charge in [-0.3, -0.25) is 9.89 Å². The number of morpholine rings is 1. The van der Waals surface area contributed by atoms with E-state index in [1.165, 1.54) is 12.4 Å². The number of fused-ring (bicyclic) bond motifs is 2. The molecule has 1 aromatic carbocycles. The number of carbonyl (C=O) groups excluding carboxylic acids is 1. The van der Waals surface area contributed by atoms with Gasteiger partial charge in [-0.25, -0.2) is 19.9 Å². The third-order valence-corrected chi connectivity index (χ3v) is 8.68. The monoisotopic (exact) mass is 571 g/mol. The summed E-state index contributed by atoms with van der Waals surface area (Å²) in [4.78, 5) is 34.4. The lowest BCUT2D eigenvalue weighted by Gasteiger charge is -2.31. The topological polar surface area (TPSA) is 148 Å². The Hall–Kier alpha value is -4.36. The number of anilines is 2. The molecule has 0 aliphatic carbocycles. The van der Waals surface area contributed by atoms with E-state index in [1.807, 2.05) is 30.5 Å². The van der Waals surface area contributed by atoms with Crippen LogP contribution in [0.15, 0.2) is 42.9 Å². The number of nitrogens with one attached hydrogen (secondary N) is 1. The molecular weight excluding hydrogens is 542 g/mol. The van der Waals surface area contributed by atoms with E-state index in [0.717, 1.165) is 76.6 Å². The highest BCUT2D eigenvalue weighted by Crippen LogP contribution is 2.39. The number of hydrogen-bond acceptors (Lipinski definition) is 11. The fourth-order valence-electron chi connectivity index (χ4n) is 5.35. The number of ether oxygens (including phenoxy) is 2. The first-order valence-electron chi connectivity index (χ1n) is 13.7. The number of nitrogens with zero attached hydrogens (tertiary/aromatic N) is 7. The van der Waals surface area contributed by atoms with E-state index < -0.39 is 5.91 Å². The van der Waals surface area contributed by atoms with Crippen LogP contribution < -0.4 is 20.3 Å². The molecule has 0 saturated carbocycles. The Labute approximate surface area is 239 Å². The van der Waals surface area contributed by atoms with Gasteiger partial charge < -0.3 is 25.0 Å². The van der Waals surface area contributed by atoms with E-state index in [1.54, 1.807) is 11.3 Å². The fraction of sp³-hybridized carbons (Fsp3) is 0.357. The number of piperidine rings is 1. The van der Waals surface area contributed by atoms with Crippen molar-refractivity contribution >= 4 is 50.1 Å². The number of aromatic nitrogens is 6. The average molecular weight is 572 g/mol. The molecule has 0 radical (unpaired) electrons. The number of benzene rings is 1. The number of nitrogens with two attached hydrogens (primary N) is 1. The normalized spacial score (nSPS) is 16.5. The molecule has 0 unspecified atom stereocenters. The number of carbonyl (C=O) groups is 1. The molecule has 7 rings (SSSR count). The van der Waals surface area contributed by atoms with Crippen molar-refractivity contribution in [2.45, 2.75) is 12.8 Å². The van der Waals surface area contributed by atoms with Gasteiger partial charge in [0.15, 0.2) is 16.7 Å². The third-order valence-electron chi connectivity index (χ3n) is 7.65. The van der Waals surface area contributed by atoms with Gasteiger partial charge in [0.25, 0.3) is 5.91 Å². The van der Waals surface area contributed by atoms with Crippen molar-refractivity contribution in [3.63, 3.8) is 0 Å². The zero-order valence-electron chi connectivity index (χ0n) is 22.3. The van der Waals surface area contributed by atoms with Crippen LogP contribution in [-0.2, 0) is 4.74 Å². The Balaban J connectivity index is 1.09. The van der Waals surface area contributed by atoms with Crippen LogP contribution in [0.2, 0.25) is 0 Å². The van der Waals surface area contributed by atoms with Gasteiger partial charge in [-0.15, -0.1) is 0 Å². The average Bonchev–Trinajstić information content (AvgIpc) is 3.67. The van der Waals surface area contributed by atoms with Crippen LogP contribution in [-0.4, -0.2) is 82.0 Å². The van der Waals surface area contributed by atoms with E-state index in [2.05, 4.69) is 30.0 Å². The van der Waals surface area contributed by atoms with E-state index in [9.17, 15) is 4.79 Å². The molecule has 5 aromatic rings. The number of rotatable bonds is 7. The molecular formula is C28H29N9O3S. The minimum atomic E-state index is -0.525. The molecule has 0 spiro atoms. The van der Waals surface area contributed by atoms with E-state index >= 15 is 0 Å². The molecule has 4 aromatic heterocycles. The second-order valence-corrected chi connectivity index (χ2v) is 11.3. The van der Waals surface area contributed by atoms with Gasteiger partial charge in [0.1, 0.15) is 0 Å². The van der Waals surface area contributed by atoms with Crippen molar-refractivity contribution in [2.24, 2.45) is 11.7 Å². The number of hydrogen-bond donors (Lipinski definition) is 2. The second kappa shape index (κ2) is 10.9. The van der Waals surface area contributed by atoms with Crippen LogP contribution in [0.5, 0.6) is 5.06 Å². The van der Waals surface area contributed by atoms with Crippen LogP contribution in [0.4, 0.5) is 11.8 Å². The maximum atomic E-state index is 11.3. The zero-order chi connectivity index (χ0) is 27.8. The third kappa shape index (κ3) is 5.13. The van der Waals surface area contributed by atoms with Crippen LogP contribution in [0, 0.1) is 5.92 Å². The number of aromatic amines is 1. The van der Waals surface area contributed by atoms with Crippen LogP contribution in [0.3, 0.4) is 0 Å². The molecule has 6 heterocycles. The molecule has 41 heavy (non-hydrogen) atoms. The maximum absolute atomic E-state index is 11.3. The SMILES string of the molecule is NC(=O)c1cnc(N2CCC(COc3cc4nc(-c5cccc6[nH]ncc56)nc(N5CCOCC5)c4s3)CC2)nc1. The highest BCUT2D eigenvalue weighted by atomic mass is 32.1. The van der Waals surface area contributed by atoms with Gasteiger partial charge in [0, 0.05) is 55.6 Å². The first-order chi connectivity index (χ1) is 20.1. The Morgan fingerprint density at radius 3 is 2.66 bits per heavy atom. The van der Waals surface area contributed by atoms with Crippen molar-refractivity contribution < 1.29 is 14.3 Å².